The minimum Gasteiger partial charge on any atom is -0.334 e. The summed E-state index contributed by atoms with van der Waals surface area (Å²) in [7, 11) is 0. The van der Waals surface area contributed by atoms with Gasteiger partial charge in [0, 0.05) is 18.8 Å². The van der Waals surface area contributed by atoms with Crippen molar-refractivity contribution in [2.75, 3.05) is 19.6 Å². The van der Waals surface area contributed by atoms with Crippen LogP contribution in [-0.4, -0.2) is 35.4 Å². The van der Waals surface area contributed by atoms with Crippen LogP contribution in [0.5, 0.6) is 0 Å². The molecule has 0 saturated carbocycles. The molecule has 0 bridgehead atoms. The van der Waals surface area contributed by atoms with E-state index in [1.54, 1.807) is 0 Å². The van der Waals surface area contributed by atoms with Crippen molar-refractivity contribution in [1.82, 2.24) is 15.2 Å². The highest BCUT2D eigenvalue weighted by Crippen LogP contribution is 2.04. The lowest BCUT2D eigenvalue weighted by Crippen LogP contribution is -2.47. The van der Waals surface area contributed by atoms with E-state index in [9.17, 15) is 4.79 Å². The normalized spacial score (nSPS) is 13.3. The maximum Gasteiger partial charge on any atom is 0.236 e. The molecule has 1 saturated heterocycles. The molecule has 0 radical (unpaired) electrons. The number of amides is 1. The lowest BCUT2D eigenvalue weighted by Gasteiger charge is -2.27. The van der Waals surface area contributed by atoms with Gasteiger partial charge in [-0.2, -0.15) is 0 Å². The summed E-state index contributed by atoms with van der Waals surface area (Å²) in [6.45, 7) is 10.8. The van der Waals surface area contributed by atoms with Crippen molar-refractivity contribution >= 4 is 5.91 Å². The van der Waals surface area contributed by atoms with Crippen molar-refractivity contribution in [2.45, 2.75) is 34.2 Å². The maximum absolute atomic E-state index is 11.5. The SMILES string of the molecule is CC.Cc1cccc(CN2CCNCC2=O)n1.Cc1ccccc1. The third-order valence-corrected chi connectivity index (χ3v) is 3.43. The summed E-state index contributed by atoms with van der Waals surface area (Å²) in [5.41, 5.74) is 3.28. The number of hydrogen-bond donors (Lipinski definition) is 1. The molecule has 0 atom stereocenters. The van der Waals surface area contributed by atoms with E-state index in [0.717, 1.165) is 24.5 Å². The van der Waals surface area contributed by atoms with Crippen LogP contribution in [0.4, 0.5) is 0 Å². The largest absolute Gasteiger partial charge is 0.334 e. The number of piperazine rings is 1. The van der Waals surface area contributed by atoms with E-state index in [1.165, 1.54) is 5.56 Å². The van der Waals surface area contributed by atoms with Crippen molar-refractivity contribution < 1.29 is 4.79 Å². The van der Waals surface area contributed by atoms with Crippen LogP contribution in [0.3, 0.4) is 0 Å². The quantitative estimate of drug-likeness (QED) is 0.920. The van der Waals surface area contributed by atoms with Gasteiger partial charge < -0.3 is 10.2 Å². The van der Waals surface area contributed by atoms with Gasteiger partial charge in [-0.05, 0) is 26.0 Å². The number of carbonyl (C=O) groups is 1. The van der Waals surface area contributed by atoms with Crippen LogP contribution in [0, 0.1) is 13.8 Å². The summed E-state index contributed by atoms with van der Waals surface area (Å²) in [6, 6.07) is 16.2. The predicted molar refractivity (Wildman–Crippen MR) is 99.8 cm³/mol. The Morgan fingerprint density at radius 3 is 2.29 bits per heavy atom. The Morgan fingerprint density at radius 2 is 1.75 bits per heavy atom. The molecule has 4 nitrogen and oxygen atoms in total. The van der Waals surface area contributed by atoms with Crippen LogP contribution in [0.2, 0.25) is 0 Å². The van der Waals surface area contributed by atoms with Gasteiger partial charge in [0.05, 0.1) is 18.8 Å². The number of aromatic nitrogens is 1. The first-order chi connectivity index (χ1) is 11.6. The first kappa shape index (κ1) is 19.8. The van der Waals surface area contributed by atoms with Gasteiger partial charge in [-0.3, -0.25) is 9.78 Å². The number of benzene rings is 1. The summed E-state index contributed by atoms with van der Waals surface area (Å²) in [6.07, 6.45) is 0. The number of nitrogens with one attached hydrogen (secondary N) is 1. The Bertz CT molecular complexity index is 599. The van der Waals surface area contributed by atoms with Gasteiger partial charge in [-0.25, -0.2) is 0 Å². The maximum atomic E-state index is 11.5. The van der Waals surface area contributed by atoms with E-state index in [4.69, 9.17) is 0 Å². The third-order valence-electron chi connectivity index (χ3n) is 3.43. The zero-order valence-corrected chi connectivity index (χ0v) is 15.2. The second kappa shape index (κ2) is 11.4. The molecule has 130 valence electrons. The van der Waals surface area contributed by atoms with E-state index < -0.39 is 0 Å². The van der Waals surface area contributed by atoms with Crippen molar-refractivity contribution in [3.05, 3.63) is 65.5 Å². The molecule has 0 aliphatic carbocycles. The van der Waals surface area contributed by atoms with Gasteiger partial charge in [0.25, 0.3) is 0 Å². The van der Waals surface area contributed by atoms with Crippen LogP contribution in [0.15, 0.2) is 48.5 Å². The Morgan fingerprint density at radius 1 is 1.04 bits per heavy atom. The first-order valence-corrected chi connectivity index (χ1v) is 8.58. The van der Waals surface area contributed by atoms with Gasteiger partial charge in [-0.1, -0.05) is 55.8 Å². The van der Waals surface area contributed by atoms with Gasteiger partial charge in [0.15, 0.2) is 0 Å². The van der Waals surface area contributed by atoms with E-state index in [-0.39, 0.29) is 5.91 Å². The molecule has 1 aliphatic heterocycles. The van der Waals surface area contributed by atoms with Gasteiger partial charge in [0.2, 0.25) is 5.91 Å². The van der Waals surface area contributed by atoms with Gasteiger partial charge >= 0.3 is 0 Å². The van der Waals surface area contributed by atoms with Crippen LogP contribution in [0.25, 0.3) is 0 Å². The fraction of sp³-hybridized carbons (Fsp3) is 0.400. The molecule has 4 heteroatoms. The lowest BCUT2D eigenvalue weighted by atomic mass is 10.2. The molecule has 1 fully saturated rings. The Kier molecular flexibility index (Phi) is 9.39. The van der Waals surface area contributed by atoms with Gasteiger partial charge in [0.1, 0.15) is 0 Å². The standard InChI is InChI=1S/C11H15N3O.C7H8.C2H6/c1-9-3-2-4-10(13-9)8-14-6-5-12-7-11(14)15;1-7-5-3-2-4-6-7;1-2/h2-4,12H,5-8H2,1H3;2-6H,1H3;1-2H3. The number of pyridine rings is 1. The molecule has 0 unspecified atom stereocenters. The average Bonchev–Trinajstić information content (AvgIpc) is 2.60. The van der Waals surface area contributed by atoms with E-state index >= 15 is 0 Å². The van der Waals surface area contributed by atoms with Gasteiger partial charge in [-0.15, -0.1) is 0 Å². The average molecular weight is 327 g/mol. The Balaban J connectivity index is 0.000000268. The molecule has 2 aromatic rings. The lowest BCUT2D eigenvalue weighted by molar-refractivity contribution is -0.132. The van der Waals surface area contributed by atoms with E-state index in [2.05, 4.69) is 29.4 Å². The third kappa shape index (κ3) is 7.38. The molecular weight excluding hydrogens is 298 g/mol. The number of hydrogen-bond acceptors (Lipinski definition) is 3. The summed E-state index contributed by atoms with van der Waals surface area (Å²) in [5.74, 6) is 0.157. The minimum absolute atomic E-state index is 0.157. The van der Waals surface area contributed by atoms with E-state index in [1.807, 2.05) is 62.1 Å². The van der Waals surface area contributed by atoms with Crippen molar-refractivity contribution in [3.8, 4) is 0 Å². The number of aryl methyl sites for hydroxylation is 2. The summed E-state index contributed by atoms with van der Waals surface area (Å²) < 4.78 is 0. The zero-order valence-electron chi connectivity index (χ0n) is 15.2. The molecule has 3 rings (SSSR count). The fourth-order valence-corrected chi connectivity index (χ4v) is 2.23. The van der Waals surface area contributed by atoms with Crippen LogP contribution >= 0.6 is 0 Å². The summed E-state index contributed by atoms with van der Waals surface area (Å²) >= 11 is 0. The van der Waals surface area contributed by atoms with Crippen molar-refractivity contribution in [2.24, 2.45) is 0 Å². The molecule has 24 heavy (non-hydrogen) atoms. The molecule has 1 aromatic carbocycles. The number of nitrogens with zero attached hydrogens (tertiary/aromatic N) is 2. The number of rotatable bonds is 2. The second-order valence-electron chi connectivity index (χ2n) is 5.42. The molecule has 1 aromatic heterocycles. The molecule has 0 spiro atoms. The molecule has 1 aliphatic rings. The van der Waals surface area contributed by atoms with Crippen LogP contribution in [0.1, 0.15) is 30.8 Å². The fourth-order valence-electron chi connectivity index (χ4n) is 2.23. The summed E-state index contributed by atoms with van der Waals surface area (Å²) in [4.78, 5) is 17.8. The first-order valence-electron chi connectivity index (χ1n) is 8.58. The molecular formula is C20H29N3O. The highest BCUT2D eigenvalue weighted by atomic mass is 16.2. The van der Waals surface area contributed by atoms with Crippen molar-refractivity contribution in [1.29, 1.82) is 0 Å². The smallest absolute Gasteiger partial charge is 0.236 e. The molecule has 2 heterocycles. The molecule has 1 N–H and O–H groups in total. The molecule has 1 amide bonds. The van der Waals surface area contributed by atoms with Crippen LogP contribution in [-0.2, 0) is 11.3 Å². The highest BCUT2D eigenvalue weighted by Gasteiger charge is 2.17. The van der Waals surface area contributed by atoms with E-state index in [0.29, 0.717) is 13.1 Å². The second-order valence-corrected chi connectivity index (χ2v) is 5.42. The predicted octanol–water partition coefficient (Wildman–Crippen LogP) is 3.34. The monoisotopic (exact) mass is 327 g/mol. The topological polar surface area (TPSA) is 45.2 Å². The Hall–Kier alpha value is -2.20. The zero-order chi connectivity index (χ0) is 17.8. The number of carbonyl (C=O) groups excluding carboxylic acids is 1. The minimum atomic E-state index is 0.157. The van der Waals surface area contributed by atoms with Crippen molar-refractivity contribution in [3.63, 3.8) is 0 Å². The summed E-state index contributed by atoms with van der Waals surface area (Å²) in [5, 5.41) is 3.05. The highest BCUT2D eigenvalue weighted by molar-refractivity contribution is 5.78. The van der Waals surface area contributed by atoms with Crippen LogP contribution < -0.4 is 5.32 Å². The Labute approximate surface area is 145 Å².